The largest absolute Gasteiger partial charge is 0.486 e. The summed E-state index contributed by atoms with van der Waals surface area (Å²) in [7, 11) is 0. The van der Waals surface area contributed by atoms with Crippen LogP contribution in [0.1, 0.15) is 11.1 Å². The molecular weight excluding hydrogens is 586 g/mol. The highest BCUT2D eigenvalue weighted by atomic mass is 79.9. The lowest BCUT2D eigenvalue weighted by atomic mass is 10.1. The van der Waals surface area contributed by atoms with Gasteiger partial charge in [-0.3, -0.25) is 4.79 Å². The van der Waals surface area contributed by atoms with E-state index in [0.717, 1.165) is 0 Å². The smallest absolute Gasteiger partial charge is 0.266 e. The molecule has 0 unspecified atom stereocenters. The highest BCUT2D eigenvalue weighted by Gasteiger charge is 2.15. The molecule has 0 saturated carbocycles. The van der Waals surface area contributed by atoms with Crippen molar-refractivity contribution in [3.05, 3.63) is 96.1 Å². The molecule has 0 radical (unpaired) electrons. The number of nitrogens with zero attached hydrogens (tertiary/aromatic N) is 1. The molecule has 1 amide bonds. The van der Waals surface area contributed by atoms with Gasteiger partial charge >= 0.3 is 0 Å². The number of hydrogen-bond acceptors (Lipinski definition) is 3. The molecule has 32 heavy (non-hydrogen) atoms. The first-order valence-electron chi connectivity index (χ1n) is 9.02. The summed E-state index contributed by atoms with van der Waals surface area (Å²) >= 11 is 18.9. The highest BCUT2D eigenvalue weighted by Crippen LogP contribution is 2.36. The van der Waals surface area contributed by atoms with E-state index in [1.807, 2.05) is 6.07 Å². The monoisotopic (exact) mass is 596 g/mol. The van der Waals surface area contributed by atoms with Crippen molar-refractivity contribution in [2.75, 3.05) is 5.32 Å². The van der Waals surface area contributed by atoms with Crippen LogP contribution >= 0.6 is 55.1 Å². The van der Waals surface area contributed by atoms with Crippen LogP contribution < -0.4 is 10.1 Å². The van der Waals surface area contributed by atoms with Crippen LogP contribution in [0.4, 0.5) is 10.1 Å². The maximum Gasteiger partial charge on any atom is 0.266 e. The summed E-state index contributed by atoms with van der Waals surface area (Å²) in [6, 6.07) is 16.4. The molecule has 0 spiro atoms. The van der Waals surface area contributed by atoms with Crippen molar-refractivity contribution in [1.82, 2.24) is 0 Å². The second-order valence-electron chi connectivity index (χ2n) is 6.42. The van der Waals surface area contributed by atoms with E-state index in [1.165, 1.54) is 12.1 Å². The van der Waals surface area contributed by atoms with Crippen molar-refractivity contribution >= 4 is 72.7 Å². The van der Waals surface area contributed by atoms with E-state index in [-0.39, 0.29) is 28.0 Å². The van der Waals surface area contributed by atoms with Gasteiger partial charge < -0.3 is 10.1 Å². The molecule has 0 bridgehead atoms. The number of benzene rings is 3. The summed E-state index contributed by atoms with van der Waals surface area (Å²) < 4.78 is 20.7. The minimum absolute atomic E-state index is 0.0330. The van der Waals surface area contributed by atoms with Gasteiger partial charge in [-0.2, -0.15) is 5.26 Å². The van der Waals surface area contributed by atoms with Crippen LogP contribution in [-0.2, 0) is 11.4 Å². The van der Waals surface area contributed by atoms with E-state index in [1.54, 1.807) is 48.5 Å². The Hall–Kier alpha value is -2.37. The van der Waals surface area contributed by atoms with Crippen molar-refractivity contribution in [1.29, 1.82) is 5.26 Å². The molecule has 3 aromatic carbocycles. The zero-order valence-corrected chi connectivity index (χ0v) is 20.8. The second kappa shape index (κ2) is 11.0. The summed E-state index contributed by atoms with van der Waals surface area (Å²) in [5, 5.41) is 12.5. The van der Waals surface area contributed by atoms with Gasteiger partial charge in [0.1, 0.15) is 29.8 Å². The van der Waals surface area contributed by atoms with Crippen LogP contribution in [-0.4, -0.2) is 5.91 Å². The first-order valence-corrected chi connectivity index (χ1v) is 11.4. The summed E-state index contributed by atoms with van der Waals surface area (Å²) in [5.41, 5.74) is 1.13. The van der Waals surface area contributed by atoms with E-state index in [2.05, 4.69) is 37.2 Å². The predicted molar refractivity (Wildman–Crippen MR) is 131 cm³/mol. The molecule has 0 atom stereocenters. The molecule has 9 heteroatoms. The Kier molecular flexibility index (Phi) is 8.32. The Balaban J connectivity index is 1.80. The van der Waals surface area contributed by atoms with Crippen LogP contribution in [0.3, 0.4) is 0 Å². The normalized spacial score (nSPS) is 11.1. The van der Waals surface area contributed by atoms with Crippen LogP contribution in [0, 0.1) is 17.1 Å². The van der Waals surface area contributed by atoms with Gasteiger partial charge in [0.05, 0.1) is 24.7 Å². The van der Waals surface area contributed by atoms with Crippen molar-refractivity contribution in [3.63, 3.8) is 0 Å². The maximum absolute atomic E-state index is 13.8. The van der Waals surface area contributed by atoms with Gasteiger partial charge in [-0.15, -0.1) is 0 Å². The van der Waals surface area contributed by atoms with E-state index in [4.69, 9.17) is 27.9 Å². The maximum atomic E-state index is 13.8. The molecule has 0 aliphatic heterocycles. The SMILES string of the molecule is N#C/C(=C/c1cc(Br)c(OCc2ccccc2F)c(Br)c1)C(=O)Nc1cccc(Cl)c1Cl. The average Bonchev–Trinajstić information content (AvgIpc) is 2.75. The number of hydrogen-bond donors (Lipinski definition) is 1. The fourth-order valence-corrected chi connectivity index (χ4v) is 4.47. The fourth-order valence-electron chi connectivity index (χ4n) is 2.67. The third-order valence-electron chi connectivity index (χ3n) is 4.23. The van der Waals surface area contributed by atoms with Gasteiger partial charge in [-0.25, -0.2) is 4.39 Å². The number of amides is 1. The summed E-state index contributed by atoms with van der Waals surface area (Å²) in [6.07, 6.45) is 1.42. The third kappa shape index (κ3) is 5.90. The Bertz CT molecular complexity index is 1240. The van der Waals surface area contributed by atoms with Gasteiger partial charge in [0.2, 0.25) is 0 Å². The molecule has 3 rings (SSSR count). The number of carbonyl (C=O) groups is 1. The predicted octanol–water partition coefficient (Wildman–Crippen LogP) is 7.78. The van der Waals surface area contributed by atoms with Crippen molar-refractivity contribution in [3.8, 4) is 11.8 Å². The summed E-state index contributed by atoms with van der Waals surface area (Å²) in [5.74, 6) is -0.536. The number of halogens is 5. The van der Waals surface area contributed by atoms with Gasteiger partial charge in [0.25, 0.3) is 5.91 Å². The van der Waals surface area contributed by atoms with Crippen LogP contribution in [0.25, 0.3) is 6.08 Å². The van der Waals surface area contributed by atoms with Gasteiger partial charge in [0.15, 0.2) is 0 Å². The summed E-state index contributed by atoms with van der Waals surface area (Å²) in [4.78, 5) is 12.6. The first-order chi connectivity index (χ1) is 15.3. The van der Waals surface area contributed by atoms with E-state index < -0.39 is 5.91 Å². The number of anilines is 1. The topological polar surface area (TPSA) is 62.1 Å². The van der Waals surface area contributed by atoms with Crippen molar-refractivity contribution < 1.29 is 13.9 Å². The van der Waals surface area contributed by atoms with Crippen molar-refractivity contribution in [2.45, 2.75) is 6.61 Å². The molecule has 0 fully saturated rings. The molecular formula is C23H13Br2Cl2FN2O2. The quantitative estimate of drug-likeness (QED) is 0.233. The standard InChI is InChI=1S/C23H13Br2Cl2FN2O2/c24-16-9-13(10-17(25)22(16)32-12-14-4-1-2-6-19(14)28)8-15(11-29)23(31)30-20-7-3-5-18(26)21(20)27/h1-10H,12H2,(H,30,31)/b15-8-. The zero-order chi connectivity index (χ0) is 23.3. The zero-order valence-electron chi connectivity index (χ0n) is 16.1. The molecule has 0 aliphatic rings. The Morgan fingerprint density at radius 3 is 2.47 bits per heavy atom. The molecule has 0 aromatic heterocycles. The Labute approximate surface area is 210 Å². The molecule has 3 aromatic rings. The van der Waals surface area contributed by atoms with E-state index in [0.29, 0.717) is 31.5 Å². The number of ether oxygens (including phenoxy) is 1. The van der Waals surface area contributed by atoms with E-state index in [9.17, 15) is 14.4 Å². The fraction of sp³-hybridized carbons (Fsp3) is 0.0435. The molecule has 0 aliphatic carbocycles. The lowest BCUT2D eigenvalue weighted by Crippen LogP contribution is -2.13. The van der Waals surface area contributed by atoms with E-state index >= 15 is 0 Å². The minimum atomic E-state index is -0.635. The van der Waals surface area contributed by atoms with Gasteiger partial charge in [-0.1, -0.05) is 47.5 Å². The van der Waals surface area contributed by atoms with Crippen LogP contribution in [0.15, 0.2) is 69.1 Å². The van der Waals surface area contributed by atoms with Gasteiger partial charge in [-0.05, 0) is 73.8 Å². The number of rotatable bonds is 6. The molecule has 4 nitrogen and oxygen atoms in total. The number of nitriles is 1. The number of carbonyl (C=O) groups excluding carboxylic acids is 1. The first kappa shape index (κ1) is 24.3. The second-order valence-corrected chi connectivity index (χ2v) is 8.91. The Morgan fingerprint density at radius 1 is 1.12 bits per heavy atom. The molecule has 1 N–H and O–H groups in total. The molecule has 0 saturated heterocycles. The Morgan fingerprint density at radius 2 is 1.81 bits per heavy atom. The van der Waals surface area contributed by atoms with Gasteiger partial charge in [0, 0.05) is 5.56 Å². The average molecular weight is 599 g/mol. The van der Waals surface area contributed by atoms with Crippen molar-refractivity contribution in [2.24, 2.45) is 0 Å². The lowest BCUT2D eigenvalue weighted by molar-refractivity contribution is -0.112. The number of nitrogens with one attached hydrogen (secondary N) is 1. The van der Waals surface area contributed by atoms with Crippen LogP contribution in [0.2, 0.25) is 10.0 Å². The summed E-state index contributed by atoms with van der Waals surface area (Å²) in [6.45, 7) is 0.0330. The minimum Gasteiger partial charge on any atom is -0.486 e. The van der Waals surface area contributed by atoms with Crippen LogP contribution in [0.5, 0.6) is 5.75 Å². The molecule has 0 heterocycles. The third-order valence-corrected chi connectivity index (χ3v) is 6.22. The molecule has 162 valence electrons. The lowest BCUT2D eigenvalue weighted by Gasteiger charge is -2.12. The highest BCUT2D eigenvalue weighted by molar-refractivity contribution is 9.11.